The highest BCUT2D eigenvalue weighted by Crippen LogP contribution is 2.46. The fourth-order valence-corrected chi connectivity index (χ4v) is 3.67. The molecule has 3 nitrogen and oxygen atoms in total. The van der Waals surface area contributed by atoms with Crippen molar-refractivity contribution in [2.75, 3.05) is 13.1 Å². The van der Waals surface area contributed by atoms with Crippen LogP contribution in [0, 0.1) is 0 Å². The highest BCUT2D eigenvalue weighted by Gasteiger charge is 2.48. The molecular formula is C15H18ClNO2. The summed E-state index contributed by atoms with van der Waals surface area (Å²) in [5, 5.41) is 11.1. The molecule has 1 saturated carbocycles. The van der Waals surface area contributed by atoms with Crippen molar-refractivity contribution in [3.63, 3.8) is 0 Å². The van der Waals surface area contributed by atoms with E-state index in [1.807, 2.05) is 18.2 Å². The van der Waals surface area contributed by atoms with Crippen LogP contribution in [0.4, 0.5) is 0 Å². The number of likely N-dealkylation sites (tertiary alicyclic amines) is 1. The minimum atomic E-state index is -0.457. The number of rotatable bonds is 1. The van der Waals surface area contributed by atoms with Crippen molar-refractivity contribution in [2.24, 2.45) is 0 Å². The van der Waals surface area contributed by atoms with Gasteiger partial charge in [0, 0.05) is 42.6 Å². The molecule has 1 spiro atoms. The molecule has 2 fully saturated rings. The molecule has 1 aromatic rings. The number of benzene rings is 1. The third-order valence-electron chi connectivity index (χ3n) is 4.63. The summed E-state index contributed by atoms with van der Waals surface area (Å²) in [7, 11) is 0. The molecule has 19 heavy (non-hydrogen) atoms. The fourth-order valence-electron chi connectivity index (χ4n) is 3.49. The van der Waals surface area contributed by atoms with Crippen molar-refractivity contribution >= 4 is 11.6 Å². The molecule has 0 amide bonds. The monoisotopic (exact) mass is 279 g/mol. The number of hydrogen-bond acceptors (Lipinski definition) is 3. The van der Waals surface area contributed by atoms with Gasteiger partial charge in [-0.25, -0.2) is 0 Å². The molecule has 2 aliphatic heterocycles. The third kappa shape index (κ3) is 2.04. The summed E-state index contributed by atoms with van der Waals surface area (Å²) in [5.41, 5.74) is 0.644. The Balaban J connectivity index is 1.62. The van der Waals surface area contributed by atoms with Gasteiger partial charge in [0.05, 0.1) is 6.10 Å². The molecule has 1 aliphatic carbocycles. The standard InChI is InChI=1S/C15H18ClNO2/c16-10-1-4-14-12(7-10)13(18)8-15(19-14)5-6-17(9-15)11-2-3-11/h1,4,7,11,13,18H,2-3,5-6,8-9H2. The average Bonchev–Trinajstić information content (AvgIpc) is 3.15. The van der Waals surface area contributed by atoms with Crippen molar-refractivity contribution in [2.45, 2.75) is 43.4 Å². The molecular weight excluding hydrogens is 262 g/mol. The molecule has 2 unspecified atom stereocenters. The molecule has 3 aliphatic rings. The molecule has 0 bridgehead atoms. The topological polar surface area (TPSA) is 32.7 Å². The van der Waals surface area contributed by atoms with E-state index < -0.39 is 6.10 Å². The van der Waals surface area contributed by atoms with Gasteiger partial charge in [-0.3, -0.25) is 4.90 Å². The maximum atomic E-state index is 10.4. The summed E-state index contributed by atoms with van der Waals surface area (Å²) in [5.74, 6) is 0.806. The predicted octanol–water partition coefficient (Wildman–Crippen LogP) is 2.76. The number of nitrogens with zero attached hydrogens (tertiary/aromatic N) is 1. The number of hydrogen-bond donors (Lipinski definition) is 1. The van der Waals surface area contributed by atoms with Crippen LogP contribution in [0.1, 0.15) is 37.4 Å². The summed E-state index contributed by atoms with van der Waals surface area (Å²) in [4.78, 5) is 2.52. The second kappa shape index (κ2) is 4.11. The van der Waals surface area contributed by atoms with Crippen LogP contribution in [0.5, 0.6) is 5.75 Å². The lowest BCUT2D eigenvalue weighted by molar-refractivity contribution is -0.00760. The molecule has 4 rings (SSSR count). The van der Waals surface area contributed by atoms with Crippen molar-refractivity contribution in [3.8, 4) is 5.75 Å². The van der Waals surface area contributed by atoms with Gasteiger partial charge in [0.25, 0.3) is 0 Å². The van der Waals surface area contributed by atoms with Crippen LogP contribution in [0.25, 0.3) is 0 Å². The maximum Gasteiger partial charge on any atom is 0.126 e. The second-order valence-electron chi connectivity index (χ2n) is 6.14. The first-order chi connectivity index (χ1) is 9.15. The van der Waals surface area contributed by atoms with E-state index in [9.17, 15) is 5.11 Å². The summed E-state index contributed by atoms with van der Waals surface area (Å²) in [6, 6.07) is 6.32. The van der Waals surface area contributed by atoms with Gasteiger partial charge in [-0.05, 0) is 31.0 Å². The van der Waals surface area contributed by atoms with E-state index in [1.165, 1.54) is 12.8 Å². The van der Waals surface area contributed by atoms with Gasteiger partial charge in [0.1, 0.15) is 11.4 Å². The van der Waals surface area contributed by atoms with Gasteiger partial charge >= 0.3 is 0 Å². The summed E-state index contributed by atoms with van der Waals surface area (Å²) in [6.07, 6.45) is 3.89. The van der Waals surface area contributed by atoms with E-state index in [-0.39, 0.29) is 5.60 Å². The summed E-state index contributed by atoms with van der Waals surface area (Å²) < 4.78 is 6.25. The van der Waals surface area contributed by atoms with Crippen LogP contribution >= 0.6 is 11.6 Å². The molecule has 0 aromatic heterocycles. The minimum absolute atomic E-state index is 0.192. The Morgan fingerprint density at radius 3 is 3.00 bits per heavy atom. The Morgan fingerprint density at radius 1 is 1.37 bits per heavy atom. The first kappa shape index (κ1) is 12.0. The van der Waals surface area contributed by atoms with Gasteiger partial charge < -0.3 is 9.84 Å². The van der Waals surface area contributed by atoms with Crippen molar-refractivity contribution in [1.29, 1.82) is 0 Å². The van der Waals surface area contributed by atoms with Gasteiger partial charge in [-0.2, -0.15) is 0 Å². The SMILES string of the molecule is OC1CC2(CCN(C3CC3)C2)Oc2ccc(Cl)cc21. The quantitative estimate of drug-likeness (QED) is 0.858. The van der Waals surface area contributed by atoms with Gasteiger partial charge in [0.15, 0.2) is 0 Å². The Bertz CT molecular complexity index is 517. The number of aliphatic hydroxyl groups is 1. The molecule has 1 aromatic carbocycles. The molecule has 102 valence electrons. The van der Waals surface area contributed by atoms with E-state index >= 15 is 0 Å². The van der Waals surface area contributed by atoms with Crippen LogP contribution in [0.3, 0.4) is 0 Å². The molecule has 0 radical (unpaired) electrons. The van der Waals surface area contributed by atoms with Gasteiger partial charge in [-0.1, -0.05) is 11.6 Å². The van der Waals surface area contributed by atoms with Gasteiger partial charge in [-0.15, -0.1) is 0 Å². The lowest BCUT2D eigenvalue weighted by Gasteiger charge is -2.38. The lowest BCUT2D eigenvalue weighted by atomic mass is 9.88. The minimum Gasteiger partial charge on any atom is -0.485 e. The van der Waals surface area contributed by atoms with Crippen LogP contribution in [0.15, 0.2) is 18.2 Å². The van der Waals surface area contributed by atoms with Crippen LogP contribution in [-0.4, -0.2) is 34.7 Å². The highest BCUT2D eigenvalue weighted by molar-refractivity contribution is 6.30. The fraction of sp³-hybridized carbons (Fsp3) is 0.600. The van der Waals surface area contributed by atoms with E-state index in [2.05, 4.69) is 4.90 Å². The lowest BCUT2D eigenvalue weighted by Crippen LogP contribution is -2.44. The van der Waals surface area contributed by atoms with Crippen LogP contribution in [-0.2, 0) is 0 Å². The van der Waals surface area contributed by atoms with Crippen LogP contribution < -0.4 is 4.74 Å². The average molecular weight is 280 g/mol. The molecule has 2 heterocycles. The molecule has 1 N–H and O–H groups in total. The first-order valence-corrected chi connectivity index (χ1v) is 7.44. The first-order valence-electron chi connectivity index (χ1n) is 7.06. The highest BCUT2D eigenvalue weighted by atomic mass is 35.5. The Morgan fingerprint density at radius 2 is 2.21 bits per heavy atom. The van der Waals surface area contributed by atoms with Crippen molar-refractivity contribution < 1.29 is 9.84 Å². The molecule has 2 atom stereocenters. The Labute approximate surface area is 118 Å². The van der Waals surface area contributed by atoms with Gasteiger partial charge in [0.2, 0.25) is 0 Å². The third-order valence-corrected chi connectivity index (χ3v) is 4.87. The van der Waals surface area contributed by atoms with E-state index in [0.717, 1.165) is 36.9 Å². The number of ether oxygens (including phenoxy) is 1. The second-order valence-corrected chi connectivity index (χ2v) is 6.58. The normalized spacial score (nSPS) is 34.3. The smallest absolute Gasteiger partial charge is 0.126 e. The van der Waals surface area contributed by atoms with E-state index in [4.69, 9.17) is 16.3 Å². The number of aliphatic hydroxyl groups excluding tert-OH is 1. The molecule has 4 heteroatoms. The van der Waals surface area contributed by atoms with E-state index in [0.29, 0.717) is 11.4 Å². The predicted molar refractivity (Wildman–Crippen MR) is 73.6 cm³/mol. The Hall–Kier alpha value is -0.770. The zero-order chi connectivity index (χ0) is 13.0. The zero-order valence-electron chi connectivity index (χ0n) is 10.8. The van der Waals surface area contributed by atoms with Crippen LogP contribution in [0.2, 0.25) is 5.02 Å². The summed E-state index contributed by atoms with van der Waals surface area (Å²) >= 11 is 5.99. The van der Waals surface area contributed by atoms with Crippen molar-refractivity contribution in [3.05, 3.63) is 28.8 Å². The Kier molecular flexibility index (Phi) is 2.60. The number of fused-ring (bicyclic) bond motifs is 1. The van der Waals surface area contributed by atoms with Crippen molar-refractivity contribution in [1.82, 2.24) is 4.90 Å². The maximum absolute atomic E-state index is 10.4. The number of halogens is 1. The largest absolute Gasteiger partial charge is 0.485 e. The van der Waals surface area contributed by atoms with E-state index in [1.54, 1.807) is 0 Å². The summed E-state index contributed by atoms with van der Waals surface area (Å²) in [6.45, 7) is 2.05. The molecule has 1 saturated heterocycles. The zero-order valence-corrected chi connectivity index (χ0v) is 11.6.